The van der Waals surface area contributed by atoms with E-state index in [9.17, 15) is 4.79 Å². The zero-order valence-electron chi connectivity index (χ0n) is 13.1. The number of benzene rings is 2. The van der Waals surface area contributed by atoms with Gasteiger partial charge in [0.1, 0.15) is 6.54 Å². The van der Waals surface area contributed by atoms with Crippen molar-refractivity contribution in [3.8, 4) is 0 Å². The molecule has 0 atom stereocenters. The third-order valence-electron chi connectivity index (χ3n) is 3.28. The maximum atomic E-state index is 12.2. The number of para-hydroxylation sites is 1. The lowest BCUT2D eigenvalue weighted by atomic mass is 10.3. The average Bonchev–Trinajstić information content (AvgIpc) is 2.96. The number of carbonyl (C=O) groups is 1. The minimum atomic E-state index is -0.109. The van der Waals surface area contributed by atoms with E-state index < -0.39 is 0 Å². The molecule has 0 saturated heterocycles. The highest BCUT2D eigenvalue weighted by atomic mass is 35.5. The molecule has 3 rings (SSSR count). The molecule has 4 nitrogen and oxygen atoms in total. The van der Waals surface area contributed by atoms with Crippen molar-refractivity contribution in [2.75, 3.05) is 5.32 Å². The monoisotopic (exact) mass is 357 g/mol. The molecule has 1 aromatic heterocycles. The van der Waals surface area contributed by atoms with Gasteiger partial charge in [0.25, 0.3) is 0 Å². The van der Waals surface area contributed by atoms with E-state index in [-0.39, 0.29) is 12.5 Å². The fraction of sp³-hybridized carbons (Fsp3) is 0.111. The Bertz CT molecular complexity index is 845. The van der Waals surface area contributed by atoms with Crippen molar-refractivity contribution in [2.45, 2.75) is 23.3 Å². The Hall–Kier alpha value is -2.24. The summed E-state index contributed by atoms with van der Waals surface area (Å²) in [5.74, 6) is -0.109. The van der Waals surface area contributed by atoms with Gasteiger partial charge >= 0.3 is 0 Å². The van der Waals surface area contributed by atoms with Crippen LogP contribution in [0.4, 0.5) is 5.69 Å². The van der Waals surface area contributed by atoms with E-state index in [1.807, 2.05) is 61.5 Å². The zero-order chi connectivity index (χ0) is 16.9. The van der Waals surface area contributed by atoms with E-state index in [1.54, 1.807) is 22.6 Å². The zero-order valence-corrected chi connectivity index (χ0v) is 14.6. The van der Waals surface area contributed by atoms with Gasteiger partial charge in [-0.3, -0.25) is 9.48 Å². The van der Waals surface area contributed by atoms with Crippen LogP contribution in [0, 0.1) is 6.92 Å². The maximum Gasteiger partial charge on any atom is 0.246 e. The minimum Gasteiger partial charge on any atom is -0.323 e. The summed E-state index contributed by atoms with van der Waals surface area (Å²) in [7, 11) is 0. The molecular formula is C18H16ClN3OS. The summed E-state index contributed by atoms with van der Waals surface area (Å²) < 4.78 is 1.62. The summed E-state index contributed by atoms with van der Waals surface area (Å²) in [5.41, 5.74) is 1.67. The smallest absolute Gasteiger partial charge is 0.246 e. The summed E-state index contributed by atoms with van der Waals surface area (Å²) in [6.07, 6.45) is 1.79. The van der Waals surface area contributed by atoms with Crippen LogP contribution in [-0.4, -0.2) is 15.7 Å². The van der Waals surface area contributed by atoms with E-state index in [1.165, 1.54) is 0 Å². The van der Waals surface area contributed by atoms with Crippen LogP contribution in [0.5, 0.6) is 0 Å². The van der Waals surface area contributed by atoms with Crippen LogP contribution in [0.1, 0.15) is 5.69 Å². The summed E-state index contributed by atoms with van der Waals surface area (Å²) in [6.45, 7) is 2.08. The second-order valence-corrected chi connectivity index (χ2v) is 6.81. The number of amides is 1. The van der Waals surface area contributed by atoms with Crippen LogP contribution in [0.25, 0.3) is 0 Å². The van der Waals surface area contributed by atoms with Crippen LogP contribution in [0.2, 0.25) is 5.02 Å². The molecule has 1 N–H and O–H groups in total. The van der Waals surface area contributed by atoms with E-state index in [0.29, 0.717) is 5.02 Å². The van der Waals surface area contributed by atoms with Gasteiger partial charge in [-0.2, -0.15) is 5.10 Å². The van der Waals surface area contributed by atoms with Gasteiger partial charge in [-0.15, -0.1) is 0 Å². The van der Waals surface area contributed by atoms with Crippen LogP contribution in [0.15, 0.2) is 70.6 Å². The number of nitrogens with one attached hydrogen (secondary N) is 1. The van der Waals surface area contributed by atoms with Crippen LogP contribution < -0.4 is 5.32 Å². The number of anilines is 1. The minimum absolute atomic E-state index is 0.109. The Morgan fingerprint density at radius 1 is 1.17 bits per heavy atom. The first-order chi connectivity index (χ1) is 11.6. The van der Waals surface area contributed by atoms with Crippen molar-refractivity contribution in [1.29, 1.82) is 0 Å². The molecule has 122 valence electrons. The molecule has 0 aliphatic carbocycles. The number of nitrogens with zero attached hydrogens (tertiary/aromatic N) is 2. The highest BCUT2D eigenvalue weighted by molar-refractivity contribution is 7.99. The predicted octanol–water partition coefficient (Wildman–Crippen LogP) is 4.63. The van der Waals surface area contributed by atoms with E-state index >= 15 is 0 Å². The third kappa shape index (κ3) is 4.40. The highest BCUT2D eigenvalue weighted by Crippen LogP contribution is 2.33. The van der Waals surface area contributed by atoms with E-state index in [0.717, 1.165) is 21.2 Å². The molecule has 0 spiro atoms. The van der Waals surface area contributed by atoms with Crippen molar-refractivity contribution in [1.82, 2.24) is 9.78 Å². The molecule has 0 aliphatic heterocycles. The average molecular weight is 358 g/mol. The molecule has 1 amide bonds. The summed E-state index contributed by atoms with van der Waals surface area (Å²) >= 11 is 7.50. The Balaban J connectivity index is 1.71. The molecule has 0 saturated carbocycles. The van der Waals surface area contributed by atoms with Crippen molar-refractivity contribution < 1.29 is 4.79 Å². The molecule has 1 heterocycles. The molecule has 0 fully saturated rings. The fourth-order valence-electron chi connectivity index (χ4n) is 2.18. The molecule has 6 heteroatoms. The SMILES string of the molecule is Cc1ccn(CC(=O)Nc2ccccc2Sc2ccc(Cl)cc2)n1. The number of hydrogen-bond acceptors (Lipinski definition) is 3. The van der Waals surface area contributed by atoms with Crippen LogP contribution in [0.3, 0.4) is 0 Å². The van der Waals surface area contributed by atoms with E-state index in [4.69, 9.17) is 11.6 Å². The largest absolute Gasteiger partial charge is 0.323 e. The molecule has 24 heavy (non-hydrogen) atoms. The highest BCUT2D eigenvalue weighted by Gasteiger charge is 2.09. The number of rotatable bonds is 5. The quantitative estimate of drug-likeness (QED) is 0.723. The number of hydrogen-bond donors (Lipinski definition) is 1. The Morgan fingerprint density at radius 2 is 1.92 bits per heavy atom. The van der Waals surface area contributed by atoms with Gasteiger partial charge in [-0.1, -0.05) is 35.5 Å². The second-order valence-electron chi connectivity index (χ2n) is 5.26. The number of aromatic nitrogens is 2. The lowest BCUT2D eigenvalue weighted by Crippen LogP contribution is -2.19. The van der Waals surface area contributed by atoms with Gasteiger partial charge in [0.2, 0.25) is 5.91 Å². The fourth-order valence-corrected chi connectivity index (χ4v) is 3.20. The Labute approximate surface area is 149 Å². The number of aryl methyl sites for hydroxylation is 1. The second kappa shape index (κ2) is 7.55. The summed E-state index contributed by atoms with van der Waals surface area (Å²) in [6, 6.07) is 17.2. The molecule has 0 unspecified atom stereocenters. The predicted molar refractivity (Wildman–Crippen MR) is 97.6 cm³/mol. The molecular weight excluding hydrogens is 342 g/mol. The van der Waals surface area contributed by atoms with Crippen molar-refractivity contribution in [2.24, 2.45) is 0 Å². The van der Waals surface area contributed by atoms with Gasteiger partial charge in [0, 0.05) is 21.0 Å². The molecule has 2 aromatic carbocycles. The molecule has 3 aromatic rings. The lowest BCUT2D eigenvalue weighted by Gasteiger charge is -2.11. The number of carbonyl (C=O) groups excluding carboxylic acids is 1. The molecule has 0 radical (unpaired) electrons. The number of halogens is 1. The normalized spacial score (nSPS) is 10.6. The van der Waals surface area contributed by atoms with Gasteiger partial charge in [0.05, 0.1) is 11.4 Å². The summed E-state index contributed by atoms with van der Waals surface area (Å²) in [4.78, 5) is 14.3. The molecule has 0 bridgehead atoms. The Morgan fingerprint density at radius 3 is 2.62 bits per heavy atom. The first-order valence-electron chi connectivity index (χ1n) is 7.42. The van der Waals surface area contributed by atoms with E-state index in [2.05, 4.69) is 10.4 Å². The van der Waals surface area contributed by atoms with Crippen molar-refractivity contribution in [3.63, 3.8) is 0 Å². The van der Waals surface area contributed by atoms with Gasteiger partial charge in [0.15, 0.2) is 0 Å². The topological polar surface area (TPSA) is 46.9 Å². The van der Waals surface area contributed by atoms with Gasteiger partial charge in [-0.05, 0) is 49.4 Å². The standard InChI is InChI=1S/C18H16ClN3OS/c1-13-10-11-22(21-13)12-18(23)20-16-4-2-3-5-17(16)24-15-8-6-14(19)7-9-15/h2-11H,12H2,1H3,(H,20,23). The Kier molecular flexibility index (Phi) is 5.23. The van der Waals surface area contributed by atoms with Crippen molar-refractivity contribution in [3.05, 3.63) is 71.5 Å². The van der Waals surface area contributed by atoms with Crippen LogP contribution in [-0.2, 0) is 11.3 Å². The first kappa shape index (κ1) is 16.6. The van der Waals surface area contributed by atoms with Gasteiger partial charge < -0.3 is 5.32 Å². The third-order valence-corrected chi connectivity index (χ3v) is 4.62. The summed E-state index contributed by atoms with van der Waals surface area (Å²) in [5, 5.41) is 7.89. The first-order valence-corrected chi connectivity index (χ1v) is 8.62. The lowest BCUT2D eigenvalue weighted by molar-refractivity contribution is -0.116. The van der Waals surface area contributed by atoms with Crippen molar-refractivity contribution >= 4 is 35.0 Å². The van der Waals surface area contributed by atoms with Gasteiger partial charge in [-0.25, -0.2) is 0 Å². The van der Waals surface area contributed by atoms with Crippen LogP contribution >= 0.6 is 23.4 Å². The maximum absolute atomic E-state index is 12.2. The molecule has 0 aliphatic rings.